The second-order valence-corrected chi connectivity index (χ2v) is 12.5. The fourth-order valence-corrected chi connectivity index (χ4v) is 5.00. The quantitative estimate of drug-likeness (QED) is 0.157. The molecule has 0 bridgehead atoms. The van der Waals surface area contributed by atoms with Crippen molar-refractivity contribution in [3.05, 3.63) is 113 Å². The van der Waals surface area contributed by atoms with Gasteiger partial charge in [-0.3, -0.25) is 9.56 Å². The standard InChI is InChI=1S/C33H37F3N5P/c1-9-39-22(4)30-32(40(23(39)5)19-33(6,7)8)41(26-12-13-27(34)29(36)16-26)31(38-30)25(15-21(3)42)18-37-17-24-11-10-20(2)14-28(24)35/h10-18H,4-5,9,19,42H2,1-3,6-8H3/b21-15+,25-18+,37-17?. The number of hydrogen-bond donors (Lipinski definition) is 0. The summed E-state index contributed by atoms with van der Waals surface area (Å²) in [6.07, 6.45) is 4.89. The number of benzene rings is 2. The van der Waals surface area contributed by atoms with E-state index in [1.807, 2.05) is 42.7 Å². The molecule has 0 aliphatic carbocycles. The van der Waals surface area contributed by atoms with Gasteiger partial charge in [0.1, 0.15) is 29.0 Å². The van der Waals surface area contributed by atoms with Gasteiger partial charge in [-0.05, 0) is 56.0 Å². The number of halogens is 3. The molecule has 1 aliphatic heterocycles. The van der Waals surface area contributed by atoms with Gasteiger partial charge in [0.05, 0.1) is 11.4 Å². The van der Waals surface area contributed by atoms with E-state index < -0.39 is 11.6 Å². The number of anilines is 1. The van der Waals surface area contributed by atoms with E-state index in [1.165, 1.54) is 18.3 Å². The Bertz CT molecular complexity index is 1640. The predicted molar refractivity (Wildman–Crippen MR) is 171 cm³/mol. The molecule has 9 heteroatoms. The van der Waals surface area contributed by atoms with Crippen molar-refractivity contribution in [2.75, 3.05) is 18.0 Å². The molecule has 5 nitrogen and oxygen atoms in total. The molecule has 1 aliphatic rings. The van der Waals surface area contributed by atoms with Gasteiger partial charge >= 0.3 is 0 Å². The molecule has 1 unspecified atom stereocenters. The minimum atomic E-state index is -0.983. The van der Waals surface area contributed by atoms with Gasteiger partial charge in [-0.15, -0.1) is 9.24 Å². The first-order valence-corrected chi connectivity index (χ1v) is 14.2. The maximum absolute atomic E-state index is 14.7. The summed E-state index contributed by atoms with van der Waals surface area (Å²) in [5.41, 5.74) is 3.16. The van der Waals surface area contributed by atoms with Crippen LogP contribution in [-0.2, 0) is 0 Å². The van der Waals surface area contributed by atoms with E-state index in [9.17, 15) is 13.2 Å². The molecular weight excluding hydrogens is 554 g/mol. The van der Waals surface area contributed by atoms with E-state index in [2.05, 4.69) is 48.2 Å². The molecule has 0 saturated heterocycles. The first-order chi connectivity index (χ1) is 19.7. The summed E-state index contributed by atoms with van der Waals surface area (Å²) in [4.78, 5) is 13.5. The average Bonchev–Trinajstić information content (AvgIpc) is 3.29. The SMILES string of the molecule is C=C1c2nc(C(/C=C(\C)P)=C/N=Cc3ccc(C)cc3F)n(-c3ccc(F)c(F)c3)c2N(CC(C)(C)C)C(=C)N1CC. The number of rotatable bonds is 7. The van der Waals surface area contributed by atoms with Crippen molar-refractivity contribution in [3.8, 4) is 5.69 Å². The molecule has 1 atom stereocenters. The Morgan fingerprint density at radius 3 is 2.33 bits per heavy atom. The Labute approximate surface area is 248 Å². The monoisotopic (exact) mass is 591 g/mol. The van der Waals surface area contributed by atoms with Crippen LogP contribution in [0.1, 0.15) is 57.3 Å². The molecule has 0 radical (unpaired) electrons. The molecular formula is C33H37F3N5P. The van der Waals surface area contributed by atoms with Crippen LogP contribution in [0, 0.1) is 29.8 Å². The largest absolute Gasteiger partial charge is 0.327 e. The molecule has 0 N–H and O–H groups in total. The molecule has 0 amide bonds. The zero-order valence-electron chi connectivity index (χ0n) is 25.0. The van der Waals surface area contributed by atoms with Crippen LogP contribution in [0.2, 0.25) is 0 Å². The van der Waals surface area contributed by atoms with Gasteiger partial charge in [0, 0.05) is 42.7 Å². The Kier molecular flexibility index (Phi) is 8.98. The van der Waals surface area contributed by atoms with Crippen molar-refractivity contribution in [2.45, 2.75) is 41.5 Å². The van der Waals surface area contributed by atoms with E-state index >= 15 is 0 Å². The van der Waals surface area contributed by atoms with Gasteiger partial charge in [0.2, 0.25) is 0 Å². The third-order valence-corrected chi connectivity index (χ3v) is 6.83. The van der Waals surface area contributed by atoms with Crippen LogP contribution in [0.25, 0.3) is 17.0 Å². The highest BCUT2D eigenvalue weighted by atomic mass is 31.0. The molecule has 42 heavy (non-hydrogen) atoms. The molecule has 0 saturated carbocycles. The van der Waals surface area contributed by atoms with Gasteiger partial charge in [-0.2, -0.15) is 0 Å². The van der Waals surface area contributed by atoms with Crippen LogP contribution >= 0.6 is 9.24 Å². The fourth-order valence-electron chi connectivity index (χ4n) is 4.82. The summed E-state index contributed by atoms with van der Waals surface area (Å²) in [5, 5.41) is 0.876. The maximum Gasteiger partial charge on any atom is 0.160 e. The number of aliphatic imine (C=N–C) groups is 1. The zero-order valence-corrected chi connectivity index (χ0v) is 26.1. The third-order valence-electron chi connectivity index (χ3n) is 6.67. The van der Waals surface area contributed by atoms with E-state index in [1.54, 1.807) is 16.8 Å². The summed E-state index contributed by atoms with van der Waals surface area (Å²) in [6, 6.07) is 8.68. The Balaban J connectivity index is 2.03. The molecule has 0 fully saturated rings. The molecule has 4 rings (SSSR count). The van der Waals surface area contributed by atoms with Gasteiger partial charge in [0.15, 0.2) is 11.6 Å². The Morgan fingerprint density at radius 2 is 1.74 bits per heavy atom. The number of fused-ring (bicyclic) bond motifs is 1. The summed E-state index contributed by atoms with van der Waals surface area (Å²) in [7, 11) is 2.64. The summed E-state index contributed by atoms with van der Waals surface area (Å²) >= 11 is 0. The Morgan fingerprint density at radius 1 is 1.02 bits per heavy atom. The summed E-state index contributed by atoms with van der Waals surface area (Å²) < 4.78 is 45.1. The molecule has 2 heterocycles. The van der Waals surface area contributed by atoms with Crippen molar-refractivity contribution in [2.24, 2.45) is 10.4 Å². The molecule has 1 aromatic heterocycles. The minimum absolute atomic E-state index is 0.154. The lowest BCUT2D eigenvalue weighted by atomic mass is 9.95. The average molecular weight is 592 g/mol. The second-order valence-electron chi connectivity index (χ2n) is 11.6. The van der Waals surface area contributed by atoms with Crippen molar-refractivity contribution in [1.82, 2.24) is 14.5 Å². The van der Waals surface area contributed by atoms with Crippen molar-refractivity contribution < 1.29 is 13.2 Å². The summed E-state index contributed by atoms with van der Waals surface area (Å²) in [6.45, 7) is 22.0. The molecule has 220 valence electrons. The van der Waals surface area contributed by atoms with Crippen LogP contribution in [0.3, 0.4) is 0 Å². The highest BCUT2D eigenvalue weighted by molar-refractivity contribution is 7.22. The number of aromatic nitrogens is 2. The predicted octanol–water partition coefficient (Wildman–Crippen LogP) is 8.47. The van der Waals surface area contributed by atoms with Gasteiger partial charge in [0.25, 0.3) is 0 Å². The zero-order chi connectivity index (χ0) is 30.9. The first kappa shape index (κ1) is 31.0. The van der Waals surface area contributed by atoms with Crippen LogP contribution in [0.15, 0.2) is 78.0 Å². The normalized spacial score (nSPS) is 14.8. The van der Waals surface area contributed by atoms with Gasteiger partial charge < -0.3 is 9.80 Å². The Hall–Kier alpha value is -3.90. The van der Waals surface area contributed by atoms with Crippen LogP contribution in [-0.4, -0.2) is 33.8 Å². The number of aryl methyl sites for hydroxylation is 1. The third kappa shape index (κ3) is 6.44. The topological polar surface area (TPSA) is 36.7 Å². The number of hydrogen-bond acceptors (Lipinski definition) is 4. The second kappa shape index (κ2) is 12.1. The van der Waals surface area contributed by atoms with E-state index in [4.69, 9.17) is 4.98 Å². The maximum atomic E-state index is 14.7. The van der Waals surface area contributed by atoms with Crippen LogP contribution in [0.4, 0.5) is 19.0 Å². The molecule has 0 spiro atoms. The highest BCUT2D eigenvalue weighted by Gasteiger charge is 2.37. The number of imidazole rings is 1. The first-order valence-electron chi connectivity index (χ1n) is 13.7. The van der Waals surface area contributed by atoms with Crippen molar-refractivity contribution >= 4 is 32.5 Å². The minimum Gasteiger partial charge on any atom is -0.327 e. The van der Waals surface area contributed by atoms with E-state index in [-0.39, 0.29) is 11.2 Å². The van der Waals surface area contributed by atoms with E-state index in [0.717, 1.165) is 23.0 Å². The van der Waals surface area contributed by atoms with Gasteiger partial charge in [-0.1, -0.05) is 51.4 Å². The summed E-state index contributed by atoms with van der Waals surface area (Å²) in [5.74, 6) is -0.537. The smallest absolute Gasteiger partial charge is 0.160 e. The van der Waals surface area contributed by atoms with Crippen molar-refractivity contribution in [1.29, 1.82) is 0 Å². The van der Waals surface area contributed by atoms with Crippen LogP contribution in [0.5, 0.6) is 0 Å². The molecule has 3 aromatic rings. The lowest BCUT2D eigenvalue weighted by Gasteiger charge is -2.43. The van der Waals surface area contributed by atoms with Crippen LogP contribution < -0.4 is 4.90 Å². The van der Waals surface area contributed by atoms with Gasteiger partial charge in [-0.25, -0.2) is 18.2 Å². The number of allylic oxidation sites excluding steroid dienone is 3. The van der Waals surface area contributed by atoms with Crippen molar-refractivity contribution in [3.63, 3.8) is 0 Å². The number of nitrogens with zero attached hydrogens (tertiary/aromatic N) is 5. The highest BCUT2D eigenvalue weighted by Crippen LogP contribution is 2.43. The lowest BCUT2D eigenvalue weighted by Crippen LogP contribution is -2.43. The van der Waals surface area contributed by atoms with E-state index in [0.29, 0.717) is 58.8 Å². The molecule has 2 aromatic carbocycles. The fraction of sp³-hybridized carbons (Fsp3) is 0.273. The lowest BCUT2D eigenvalue weighted by molar-refractivity contribution is 0.388.